The summed E-state index contributed by atoms with van der Waals surface area (Å²) >= 11 is 0. The molecule has 8 heterocycles. The van der Waals surface area contributed by atoms with Crippen molar-refractivity contribution in [3.05, 3.63) is 399 Å². The molecule has 18 aromatic carbocycles. The predicted octanol–water partition coefficient (Wildman–Crippen LogP) is 26.8. The number of halogens is 6. The number of hydrogen-bond acceptors (Lipinski definition) is 16. The molecule has 0 saturated carbocycles. The van der Waals surface area contributed by atoms with E-state index >= 15 is 0 Å². The van der Waals surface area contributed by atoms with Crippen LogP contribution in [0, 0.1) is 13.8 Å². The second-order valence-corrected chi connectivity index (χ2v) is 31.8. The van der Waals surface area contributed by atoms with Gasteiger partial charge in [0.2, 0.25) is 32.6 Å². The standard InChI is InChI=1S/2C19H12O4.2C18H9F3O2.2C18H12O2/c20-18-13-3-1-2-4-14(13)23-15-7-6-12-11(17(15)18)5-8-16-19(12)22-10-9-21-16;20-19-12-3-1-2-4-14(12)23-15-6-5-11-9-16-17(22-8-7-21-16)10-13(11)18(15)19;19-18(20,21)12-6-3-4-10-8-9-14-16(15(10)12)17(22)11-5-1-2-7-13(11)23-14;19-18(20,21)11-7-5-10-6-8-15-16(13(10)9-11)17(22)12-3-1-2-4-14(12)23-15;1-11-5-4-7-13-12(11)9-10-16-17(13)18(19)14-6-2-3-8-15(14)20-16;1-11-6-8-13-12(10-11)7-9-16-17(13)18(19)14-4-2-3-5-15(14)20-16/h1-8H,9-10H2;1-6,9-10H,7-8H2;2*1-9H;2*2-10H,1H3. The first kappa shape index (κ1) is 82.1. The Morgan fingerprint density at radius 1 is 0.220 bits per heavy atom. The van der Waals surface area contributed by atoms with E-state index in [0.717, 1.165) is 66.9 Å². The van der Waals surface area contributed by atoms with Crippen molar-refractivity contribution in [2.24, 2.45) is 0 Å². The zero-order valence-electron chi connectivity index (χ0n) is 69.7. The molecule has 2 aliphatic heterocycles. The van der Waals surface area contributed by atoms with E-state index in [4.69, 9.17) is 45.5 Å². The summed E-state index contributed by atoms with van der Waals surface area (Å²) < 4.78 is 136. The molecular formula is C110H66F6O16. The monoisotopic (exact) mass is 1760 g/mol. The van der Waals surface area contributed by atoms with E-state index in [1.165, 1.54) is 29.8 Å². The van der Waals surface area contributed by atoms with Crippen LogP contribution in [0.15, 0.2) is 371 Å². The summed E-state index contributed by atoms with van der Waals surface area (Å²) in [7, 11) is 0. The maximum absolute atomic E-state index is 13.4. The Morgan fingerprint density at radius 3 is 1.04 bits per heavy atom. The summed E-state index contributed by atoms with van der Waals surface area (Å²) in [4.78, 5) is 76.8. The minimum atomic E-state index is -4.55. The van der Waals surface area contributed by atoms with Gasteiger partial charge in [-0.2, -0.15) is 26.3 Å². The topological polar surface area (TPSA) is 218 Å². The van der Waals surface area contributed by atoms with Gasteiger partial charge in [-0.05, 0) is 220 Å². The first-order valence-corrected chi connectivity index (χ1v) is 42.0. The van der Waals surface area contributed by atoms with Crippen LogP contribution in [0.4, 0.5) is 26.3 Å². The molecular weight excluding hydrogens is 1690 g/mol. The molecule has 132 heavy (non-hydrogen) atoms. The third-order valence-corrected chi connectivity index (χ3v) is 23.8. The zero-order valence-corrected chi connectivity index (χ0v) is 69.7. The second-order valence-electron chi connectivity index (χ2n) is 31.8. The van der Waals surface area contributed by atoms with Crippen molar-refractivity contribution in [1.82, 2.24) is 0 Å². The third kappa shape index (κ3) is 14.6. The SMILES string of the molecule is Cc1ccc2c(ccc3oc4ccccc4c(=O)c32)c1.Cc1cccc2c1ccc1oc3ccccc3c(=O)c12.O=c1c2ccccc2oc2ccc3c4c(ccc3c12)OCCO4.O=c1c2ccccc2oc2ccc3cc4c(cc3c12)OCCO4.O=c1c2ccccc2oc2ccc3ccc(C(F)(F)F)cc3c12.O=c1c2ccccc2oc2ccc3cccc(C(F)(F)F)c3c12. The highest BCUT2D eigenvalue weighted by Crippen LogP contribution is 2.44. The fourth-order valence-electron chi connectivity index (χ4n) is 17.6. The Hall–Kier alpha value is -16.9. The molecule has 0 amide bonds. The van der Waals surface area contributed by atoms with Gasteiger partial charge >= 0.3 is 12.4 Å². The number of benzene rings is 18. The molecule has 0 aliphatic carbocycles. The van der Waals surface area contributed by atoms with E-state index in [0.29, 0.717) is 165 Å². The average molecular weight is 1760 g/mol. The van der Waals surface area contributed by atoms with Gasteiger partial charge in [0.1, 0.15) is 93.4 Å². The summed E-state index contributed by atoms with van der Waals surface area (Å²) in [5.41, 5.74) is 6.10. The molecule has 0 N–H and O–H groups in total. The van der Waals surface area contributed by atoms with Gasteiger partial charge in [-0.3, -0.25) is 28.8 Å². The smallest absolute Gasteiger partial charge is 0.417 e. The molecule has 0 atom stereocenters. The van der Waals surface area contributed by atoms with E-state index in [-0.39, 0.29) is 65.2 Å². The Kier molecular flexibility index (Phi) is 20.4. The van der Waals surface area contributed by atoms with Crippen LogP contribution in [0.2, 0.25) is 0 Å². The van der Waals surface area contributed by atoms with Gasteiger partial charge in [0, 0.05) is 21.5 Å². The van der Waals surface area contributed by atoms with Crippen LogP contribution < -0.4 is 51.5 Å². The summed E-state index contributed by atoms with van der Waals surface area (Å²) in [6.45, 7) is 6.21. The Labute approximate surface area is 738 Å². The number of fused-ring (bicyclic) bond motifs is 27. The van der Waals surface area contributed by atoms with Gasteiger partial charge in [-0.25, -0.2) is 0 Å². The van der Waals surface area contributed by atoms with E-state index in [9.17, 15) is 55.1 Å². The highest BCUT2D eigenvalue weighted by Gasteiger charge is 2.35. The number of alkyl halides is 6. The van der Waals surface area contributed by atoms with Crippen LogP contribution in [0.3, 0.4) is 0 Å². The Morgan fingerprint density at radius 2 is 0.561 bits per heavy atom. The van der Waals surface area contributed by atoms with Crippen molar-refractivity contribution >= 4 is 196 Å². The van der Waals surface area contributed by atoms with Gasteiger partial charge in [-0.15, -0.1) is 0 Å². The van der Waals surface area contributed by atoms with Crippen LogP contribution in [0.1, 0.15) is 22.3 Å². The molecule has 22 heteroatoms. The fourth-order valence-corrected chi connectivity index (χ4v) is 17.6. The lowest BCUT2D eigenvalue weighted by molar-refractivity contribution is -0.137. The van der Waals surface area contributed by atoms with Crippen molar-refractivity contribution in [2.45, 2.75) is 26.2 Å². The minimum absolute atomic E-state index is 0.0240. The lowest BCUT2D eigenvalue weighted by atomic mass is 9.99. The van der Waals surface area contributed by atoms with Crippen molar-refractivity contribution in [1.29, 1.82) is 0 Å². The molecule has 0 spiro atoms. The number of rotatable bonds is 0. The quantitative estimate of drug-likeness (QED) is 0.0783. The largest absolute Gasteiger partial charge is 0.486 e. The highest BCUT2D eigenvalue weighted by molar-refractivity contribution is 6.15. The Balaban J connectivity index is 0.0000000956. The molecule has 0 saturated heterocycles. The number of ether oxygens (including phenoxy) is 4. The molecule has 2 aliphatic rings. The molecule has 26 rings (SSSR count). The predicted molar refractivity (Wildman–Crippen MR) is 506 cm³/mol. The molecule has 24 aromatic rings. The second kappa shape index (κ2) is 32.8. The summed E-state index contributed by atoms with van der Waals surface area (Å²) in [5, 5.41) is 14.3. The van der Waals surface area contributed by atoms with Gasteiger partial charge < -0.3 is 45.5 Å². The van der Waals surface area contributed by atoms with Crippen molar-refractivity contribution < 1.29 is 71.8 Å². The molecule has 0 radical (unpaired) electrons. The first-order valence-electron chi connectivity index (χ1n) is 42.0. The molecule has 16 nitrogen and oxygen atoms in total. The van der Waals surface area contributed by atoms with E-state index in [2.05, 4.69) is 19.1 Å². The average Bonchev–Trinajstić information content (AvgIpc) is 0.725. The van der Waals surface area contributed by atoms with E-state index < -0.39 is 28.9 Å². The van der Waals surface area contributed by atoms with Crippen LogP contribution in [0.5, 0.6) is 23.0 Å². The van der Waals surface area contributed by atoms with Crippen LogP contribution in [-0.2, 0) is 12.4 Å². The maximum atomic E-state index is 13.4. The zero-order chi connectivity index (χ0) is 90.5. The fraction of sp³-hybridized carbons (Fsp3) is 0.0727. The molecule has 6 aromatic heterocycles. The number of para-hydroxylation sites is 6. The third-order valence-electron chi connectivity index (χ3n) is 23.8. The van der Waals surface area contributed by atoms with Crippen LogP contribution in [-0.4, -0.2) is 26.4 Å². The van der Waals surface area contributed by atoms with Crippen LogP contribution in [0.25, 0.3) is 196 Å². The van der Waals surface area contributed by atoms with E-state index in [1.54, 1.807) is 78.9 Å². The van der Waals surface area contributed by atoms with Gasteiger partial charge in [0.25, 0.3) is 0 Å². The summed E-state index contributed by atoms with van der Waals surface area (Å²) in [6, 6.07) is 91.1. The summed E-state index contributed by atoms with van der Waals surface area (Å²) in [6.07, 6.45) is -9.01. The first-order chi connectivity index (χ1) is 64.0. The molecule has 0 bridgehead atoms. The van der Waals surface area contributed by atoms with Crippen molar-refractivity contribution in [3.63, 3.8) is 0 Å². The molecule has 0 fully saturated rings. The van der Waals surface area contributed by atoms with Gasteiger partial charge in [0.05, 0.1) is 75.8 Å². The lowest BCUT2D eigenvalue weighted by Crippen LogP contribution is -2.15. The van der Waals surface area contributed by atoms with Gasteiger partial charge in [-0.1, -0.05) is 163 Å². The number of aryl methyl sites for hydroxylation is 2. The molecule has 0 unspecified atom stereocenters. The normalized spacial score (nSPS) is 12.5. The highest BCUT2D eigenvalue weighted by atomic mass is 19.4. The maximum Gasteiger partial charge on any atom is 0.417 e. The summed E-state index contributed by atoms with van der Waals surface area (Å²) in [5.74, 6) is 2.80. The van der Waals surface area contributed by atoms with E-state index in [1.807, 2.05) is 189 Å². The van der Waals surface area contributed by atoms with Crippen molar-refractivity contribution in [3.8, 4) is 23.0 Å². The van der Waals surface area contributed by atoms with Gasteiger partial charge in [0.15, 0.2) is 23.0 Å². The minimum Gasteiger partial charge on any atom is -0.486 e. The number of hydrogen-bond donors (Lipinski definition) is 0. The lowest BCUT2D eigenvalue weighted by Gasteiger charge is -2.20. The molecule has 644 valence electrons. The van der Waals surface area contributed by atoms with Crippen molar-refractivity contribution in [2.75, 3.05) is 26.4 Å². The van der Waals surface area contributed by atoms with Crippen LogP contribution >= 0.6 is 0 Å². The Bertz CT molecular complexity index is 9280.